The van der Waals surface area contributed by atoms with E-state index in [2.05, 4.69) is 46.5 Å². The number of hydrogen-bond donors (Lipinski definition) is 6. The van der Waals surface area contributed by atoms with Crippen LogP contribution in [0.3, 0.4) is 0 Å². The van der Waals surface area contributed by atoms with Crippen LogP contribution in [-0.2, 0) is 22.7 Å². The van der Waals surface area contributed by atoms with Crippen molar-refractivity contribution >= 4 is 48.9 Å². The van der Waals surface area contributed by atoms with Gasteiger partial charge >= 0.3 is 0 Å². The fourth-order valence-corrected chi connectivity index (χ4v) is 4.49. The summed E-state index contributed by atoms with van der Waals surface area (Å²) < 4.78 is -1.77. The van der Waals surface area contributed by atoms with Gasteiger partial charge in [0, 0.05) is 33.7 Å². The molecule has 3 rings (SSSR count). The topological polar surface area (TPSA) is 116 Å². The molecule has 0 saturated carbocycles. The Kier molecular flexibility index (Phi) is 11.2. The SMILES string of the molecule is CC(C)(S)C(NC(=O)c1cccc(C(=O)NC(C(=O)NCc2ccccc2)C(C)(C)S)c1)C(=O)NCc1ccccc1. The van der Waals surface area contributed by atoms with Crippen LogP contribution < -0.4 is 21.3 Å². The largest absolute Gasteiger partial charge is 0.350 e. The summed E-state index contributed by atoms with van der Waals surface area (Å²) in [7, 11) is 0. The molecule has 0 fully saturated rings. The first kappa shape index (κ1) is 32.8. The lowest BCUT2D eigenvalue weighted by Gasteiger charge is -2.30. The molecule has 3 aromatic carbocycles. The molecule has 4 N–H and O–H groups in total. The van der Waals surface area contributed by atoms with Crippen molar-refractivity contribution in [1.29, 1.82) is 0 Å². The summed E-state index contributed by atoms with van der Waals surface area (Å²) in [6.45, 7) is 7.52. The Bertz CT molecular complexity index is 1280. The molecule has 0 radical (unpaired) electrons. The average molecular weight is 607 g/mol. The van der Waals surface area contributed by atoms with Crippen LogP contribution in [0.25, 0.3) is 0 Å². The zero-order valence-electron chi connectivity index (χ0n) is 24.2. The highest BCUT2D eigenvalue weighted by Gasteiger charge is 2.35. The molecular formula is C32H38N4O4S2. The second-order valence-electron chi connectivity index (χ2n) is 11.1. The standard InChI is InChI=1S/C32H38N4O4S2/c1-31(2,41)25(29(39)33-19-21-12-7-5-8-13-21)35-27(37)23-16-11-17-24(18-23)28(38)36-26(32(3,4)42)30(40)34-20-22-14-9-6-10-15-22/h5-18,25-26,41-42H,19-20H2,1-4H3,(H,33,39)(H,34,40)(H,35,37)(H,36,38). The van der Waals surface area contributed by atoms with Crippen molar-refractivity contribution in [3.63, 3.8) is 0 Å². The van der Waals surface area contributed by atoms with E-state index in [1.807, 2.05) is 60.7 Å². The maximum atomic E-state index is 13.2. The van der Waals surface area contributed by atoms with Gasteiger partial charge in [-0.15, -0.1) is 0 Å². The summed E-state index contributed by atoms with van der Waals surface area (Å²) in [5.41, 5.74) is 2.19. The molecule has 0 spiro atoms. The number of thiol groups is 2. The molecule has 0 aliphatic rings. The van der Waals surface area contributed by atoms with Crippen LogP contribution in [0.15, 0.2) is 84.9 Å². The van der Waals surface area contributed by atoms with Gasteiger partial charge in [0.25, 0.3) is 11.8 Å². The van der Waals surface area contributed by atoms with Crippen molar-refractivity contribution in [2.24, 2.45) is 0 Å². The molecule has 42 heavy (non-hydrogen) atoms. The number of carbonyl (C=O) groups is 4. The molecule has 2 atom stereocenters. The number of carbonyl (C=O) groups excluding carboxylic acids is 4. The van der Waals surface area contributed by atoms with Gasteiger partial charge in [0.2, 0.25) is 11.8 Å². The van der Waals surface area contributed by atoms with Crippen molar-refractivity contribution in [2.45, 2.75) is 62.4 Å². The molecule has 0 aliphatic heterocycles. The minimum atomic E-state index is -0.961. The Balaban J connectivity index is 1.69. The van der Waals surface area contributed by atoms with Crippen molar-refractivity contribution in [3.8, 4) is 0 Å². The fraction of sp³-hybridized carbons (Fsp3) is 0.312. The summed E-state index contributed by atoms with van der Waals surface area (Å²) in [4.78, 5) is 52.6. The molecule has 0 aromatic heterocycles. The van der Waals surface area contributed by atoms with Crippen molar-refractivity contribution in [2.75, 3.05) is 0 Å². The molecule has 2 unspecified atom stereocenters. The van der Waals surface area contributed by atoms with Gasteiger partial charge in [0.1, 0.15) is 12.1 Å². The summed E-state index contributed by atoms with van der Waals surface area (Å²) in [6.07, 6.45) is 0. The first-order chi connectivity index (χ1) is 19.8. The molecule has 222 valence electrons. The lowest BCUT2D eigenvalue weighted by Crippen LogP contribution is -2.55. The first-order valence-electron chi connectivity index (χ1n) is 13.6. The lowest BCUT2D eigenvalue weighted by atomic mass is 10.00. The minimum absolute atomic E-state index is 0.177. The van der Waals surface area contributed by atoms with Gasteiger partial charge in [-0.2, -0.15) is 25.3 Å². The Hall–Kier alpha value is -3.76. The van der Waals surface area contributed by atoms with E-state index in [9.17, 15) is 19.2 Å². The van der Waals surface area contributed by atoms with E-state index >= 15 is 0 Å². The summed E-state index contributed by atoms with van der Waals surface area (Å²) >= 11 is 9.10. The normalized spacial score (nSPS) is 12.9. The van der Waals surface area contributed by atoms with Gasteiger partial charge in [-0.3, -0.25) is 19.2 Å². The Labute approximate surface area is 258 Å². The second-order valence-corrected chi connectivity index (χ2v) is 13.4. The highest BCUT2D eigenvalue weighted by molar-refractivity contribution is 7.82. The van der Waals surface area contributed by atoms with E-state index in [0.29, 0.717) is 13.1 Å². The van der Waals surface area contributed by atoms with E-state index < -0.39 is 33.4 Å². The highest BCUT2D eigenvalue weighted by Crippen LogP contribution is 2.20. The van der Waals surface area contributed by atoms with Crippen LogP contribution in [0.2, 0.25) is 0 Å². The molecule has 0 heterocycles. The molecule has 4 amide bonds. The third-order valence-electron chi connectivity index (χ3n) is 6.49. The van der Waals surface area contributed by atoms with Crippen LogP contribution in [0.5, 0.6) is 0 Å². The van der Waals surface area contributed by atoms with Gasteiger partial charge in [0.05, 0.1) is 0 Å². The molecule has 0 saturated heterocycles. The van der Waals surface area contributed by atoms with Crippen LogP contribution in [0, 0.1) is 0 Å². The quantitative estimate of drug-likeness (QED) is 0.175. The van der Waals surface area contributed by atoms with E-state index in [0.717, 1.165) is 11.1 Å². The predicted octanol–water partition coefficient (Wildman–Crippen LogP) is 3.93. The number of amides is 4. The first-order valence-corrected chi connectivity index (χ1v) is 14.4. The Morgan fingerprint density at radius 3 is 1.29 bits per heavy atom. The van der Waals surface area contributed by atoms with Gasteiger partial charge in [-0.05, 0) is 57.0 Å². The second kappa shape index (κ2) is 14.4. The van der Waals surface area contributed by atoms with Crippen LogP contribution in [0.4, 0.5) is 0 Å². The maximum Gasteiger partial charge on any atom is 0.251 e. The van der Waals surface area contributed by atoms with E-state index in [1.165, 1.54) is 6.07 Å². The number of benzene rings is 3. The van der Waals surface area contributed by atoms with Gasteiger partial charge in [-0.1, -0.05) is 66.7 Å². The minimum Gasteiger partial charge on any atom is -0.350 e. The lowest BCUT2D eigenvalue weighted by molar-refractivity contribution is -0.124. The molecule has 0 aliphatic carbocycles. The molecule has 3 aromatic rings. The summed E-state index contributed by atoms with van der Waals surface area (Å²) in [5, 5.41) is 11.2. The third kappa shape index (κ3) is 9.66. The van der Waals surface area contributed by atoms with E-state index in [4.69, 9.17) is 0 Å². The number of rotatable bonds is 12. The summed E-state index contributed by atoms with van der Waals surface area (Å²) in [5.74, 6) is -1.86. The van der Waals surface area contributed by atoms with Crippen LogP contribution in [-0.4, -0.2) is 45.2 Å². The zero-order valence-corrected chi connectivity index (χ0v) is 26.0. The molecule has 0 bridgehead atoms. The van der Waals surface area contributed by atoms with Crippen molar-refractivity contribution < 1.29 is 19.2 Å². The number of nitrogens with one attached hydrogen (secondary N) is 4. The van der Waals surface area contributed by atoms with Crippen molar-refractivity contribution in [3.05, 3.63) is 107 Å². The molecule has 8 nitrogen and oxygen atoms in total. The number of hydrogen-bond acceptors (Lipinski definition) is 6. The van der Waals surface area contributed by atoms with Crippen LogP contribution in [0.1, 0.15) is 59.5 Å². The van der Waals surface area contributed by atoms with Gasteiger partial charge in [0.15, 0.2) is 0 Å². The van der Waals surface area contributed by atoms with Gasteiger partial charge in [-0.25, -0.2) is 0 Å². The molecular weight excluding hydrogens is 569 g/mol. The van der Waals surface area contributed by atoms with Gasteiger partial charge < -0.3 is 21.3 Å². The summed E-state index contributed by atoms with van der Waals surface area (Å²) in [6, 6.07) is 23.0. The predicted molar refractivity (Wildman–Crippen MR) is 172 cm³/mol. The Morgan fingerprint density at radius 2 is 0.952 bits per heavy atom. The average Bonchev–Trinajstić information content (AvgIpc) is 2.95. The van der Waals surface area contributed by atoms with Crippen LogP contribution >= 0.6 is 25.3 Å². The monoisotopic (exact) mass is 606 g/mol. The van der Waals surface area contributed by atoms with E-state index in [1.54, 1.807) is 45.9 Å². The van der Waals surface area contributed by atoms with E-state index in [-0.39, 0.29) is 22.9 Å². The highest BCUT2D eigenvalue weighted by atomic mass is 32.1. The molecule has 10 heteroatoms. The third-order valence-corrected chi connectivity index (χ3v) is 7.01. The fourth-order valence-electron chi connectivity index (χ4n) is 4.13. The van der Waals surface area contributed by atoms with Crippen molar-refractivity contribution in [1.82, 2.24) is 21.3 Å². The Morgan fingerprint density at radius 1 is 0.595 bits per heavy atom. The maximum absolute atomic E-state index is 13.2. The zero-order chi connectivity index (χ0) is 30.9. The smallest absolute Gasteiger partial charge is 0.251 e.